The largest absolute Gasteiger partial charge is 0.352 e. The Morgan fingerprint density at radius 1 is 1.20 bits per heavy atom. The number of amides is 1. The van der Waals surface area contributed by atoms with Crippen molar-refractivity contribution in [3.05, 3.63) is 70.0 Å². The number of halogens is 2. The molecule has 0 aromatic heterocycles. The van der Waals surface area contributed by atoms with E-state index in [0.29, 0.717) is 17.1 Å². The molecule has 0 aliphatic rings. The molecule has 0 spiro atoms. The van der Waals surface area contributed by atoms with E-state index < -0.39 is 5.82 Å². The highest BCUT2D eigenvalue weighted by molar-refractivity contribution is 6.30. The number of benzene rings is 2. The lowest BCUT2D eigenvalue weighted by Crippen LogP contribution is -2.25. The molecule has 2 aromatic rings. The molecule has 2 aromatic carbocycles. The average Bonchev–Trinajstić information content (AvgIpc) is 2.41. The lowest BCUT2D eigenvalue weighted by atomic mass is 10.1. The van der Waals surface area contributed by atoms with Crippen LogP contribution < -0.4 is 5.32 Å². The second-order valence-electron chi connectivity index (χ2n) is 4.62. The normalized spacial score (nSPS) is 10.3. The Labute approximate surface area is 122 Å². The Kier molecular flexibility index (Phi) is 4.74. The molecule has 4 heteroatoms. The highest BCUT2D eigenvalue weighted by Gasteiger charge is 2.09. The van der Waals surface area contributed by atoms with Crippen LogP contribution in [0.15, 0.2) is 42.5 Å². The maximum absolute atomic E-state index is 13.6. The molecule has 2 nitrogen and oxygen atoms in total. The summed E-state index contributed by atoms with van der Waals surface area (Å²) in [5, 5.41) is 3.12. The van der Waals surface area contributed by atoms with Crippen LogP contribution in [0.25, 0.3) is 0 Å². The van der Waals surface area contributed by atoms with Gasteiger partial charge in [0.1, 0.15) is 5.82 Å². The van der Waals surface area contributed by atoms with Crippen LogP contribution in [-0.2, 0) is 17.8 Å². The highest BCUT2D eigenvalue weighted by atomic mass is 35.5. The lowest BCUT2D eigenvalue weighted by Gasteiger charge is -2.08. The minimum atomic E-state index is -0.455. The van der Waals surface area contributed by atoms with Gasteiger partial charge in [-0.2, -0.15) is 0 Å². The summed E-state index contributed by atoms with van der Waals surface area (Å²) in [5.41, 5.74) is 2.51. The van der Waals surface area contributed by atoms with Crippen LogP contribution in [-0.4, -0.2) is 5.91 Å². The fourth-order valence-electron chi connectivity index (χ4n) is 1.90. The molecule has 0 aliphatic carbocycles. The van der Waals surface area contributed by atoms with Gasteiger partial charge in [0.25, 0.3) is 0 Å². The Morgan fingerprint density at radius 3 is 2.65 bits per heavy atom. The van der Waals surface area contributed by atoms with Crippen LogP contribution in [0.1, 0.15) is 16.7 Å². The van der Waals surface area contributed by atoms with E-state index in [1.54, 1.807) is 6.07 Å². The number of rotatable bonds is 4. The van der Waals surface area contributed by atoms with Crippen molar-refractivity contribution in [1.29, 1.82) is 0 Å². The van der Waals surface area contributed by atoms with Gasteiger partial charge in [-0.3, -0.25) is 4.79 Å². The summed E-state index contributed by atoms with van der Waals surface area (Å²) < 4.78 is 13.6. The molecule has 0 heterocycles. The van der Waals surface area contributed by atoms with Gasteiger partial charge in [0.05, 0.1) is 6.42 Å². The smallest absolute Gasteiger partial charge is 0.224 e. The van der Waals surface area contributed by atoms with E-state index in [0.717, 1.165) is 11.1 Å². The Balaban J connectivity index is 1.94. The predicted octanol–water partition coefficient (Wildman–Crippen LogP) is 3.65. The van der Waals surface area contributed by atoms with Crippen molar-refractivity contribution in [3.8, 4) is 0 Å². The standard InChI is InChI=1S/C16H15ClFNO/c1-11-4-2-3-5-13(11)10-19-16(20)8-12-6-7-14(17)9-15(12)18/h2-7,9H,8,10H2,1H3,(H,19,20). The third-order valence-corrected chi connectivity index (χ3v) is 3.34. The number of carbonyl (C=O) groups is 1. The quantitative estimate of drug-likeness (QED) is 0.915. The molecule has 104 valence electrons. The minimum absolute atomic E-state index is 0.00881. The second kappa shape index (κ2) is 6.53. The van der Waals surface area contributed by atoms with Gasteiger partial charge in [0, 0.05) is 11.6 Å². The van der Waals surface area contributed by atoms with Crippen molar-refractivity contribution in [3.63, 3.8) is 0 Å². The minimum Gasteiger partial charge on any atom is -0.352 e. The van der Waals surface area contributed by atoms with E-state index in [2.05, 4.69) is 5.32 Å². The molecule has 0 unspecified atom stereocenters. The maximum atomic E-state index is 13.6. The topological polar surface area (TPSA) is 29.1 Å². The fourth-order valence-corrected chi connectivity index (χ4v) is 2.06. The summed E-state index contributed by atoms with van der Waals surface area (Å²) in [6.45, 7) is 2.43. The number of hydrogen-bond donors (Lipinski definition) is 1. The van der Waals surface area contributed by atoms with Gasteiger partial charge in [0.2, 0.25) is 5.91 Å². The summed E-state index contributed by atoms with van der Waals surface area (Å²) in [5.74, 6) is -0.669. The molecule has 0 radical (unpaired) electrons. The van der Waals surface area contributed by atoms with E-state index >= 15 is 0 Å². The van der Waals surface area contributed by atoms with Gasteiger partial charge in [-0.15, -0.1) is 0 Å². The van der Waals surface area contributed by atoms with Crippen LogP contribution in [0, 0.1) is 12.7 Å². The summed E-state index contributed by atoms with van der Waals surface area (Å²) in [6, 6.07) is 12.1. The third-order valence-electron chi connectivity index (χ3n) is 3.10. The average molecular weight is 292 g/mol. The van der Waals surface area contributed by atoms with Crippen LogP contribution in [0.3, 0.4) is 0 Å². The summed E-state index contributed by atoms with van der Waals surface area (Å²) >= 11 is 5.67. The van der Waals surface area contributed by atoms with E-state index in [-0.39, 0.29) is 12.3 Å². The molecule has 2 rings (SSSR count). The van der Waals surface area contributed by atoms with Crippen molar-refractivity contribution in [2.45, 2.75) is 19.9 Å². The zero-order valence-electron chi connectivity index (χ0n) is 11.1. The molecular formula is C16H15ClFNO. The predicted molar refractivity (Wildman–Crippen MR) is 78.1 cm³/mol. The molecule has 0 aliphatic heterocycles. The Morgan fingerprint density at radius 2 is 1.95 bits per heavy atom. The fraction of sp³-hybridized carbons (Fsp3) is 0.188. The molecule has 20 heavy (non-hydrogen) atoms. The van der Waals surface area contributed by atoms with Crippen molar-refractivity contribution in [2.75, 3.05) is 0 Å². The Bertz CT molecular complexity index is 628. The summed E-state index contributed by atoms with van der Waals surface area (Å²) in [7, 11) is 0. The van der Waals surface area contributed by atoms with E-state index in [4.69, 9.17) is 11.6 Å². The van der Waals surface area contributed by atoms with Crippen molar-refractivity contribution in [1.82, 2.24) is 5.32 Å². The second-order valence-corrected chi connectivity index (χ2v) is 5.05. The SMILES string of the molecule is Cc1ccccc1CNC(=O)Cc1ccc(Cl)cc1F. The van der Waals surface area contributed by atoms with Gasteiger partial charge in [-0.05, 0) is 35.7 Å². The van der Waals surface area contributed by atoms with Gasteiger partial charge >= 0.3 is 0 Å². The maximum Gasteiger partial charge on any atom is 0.224 e. The van der Waals surface area contributed by atoms with Crippen LogP contribution >= 0.6 is 11.6 Å². The van der Waals surface area contributed by atoms with Crippen molar-refractivity contribution < 1.29 is 9.18 Å². The lowest BCUT2D eigenvalue weighted by molar-refractivity contribution is -0.120. The first-order valence-corrected chi connectivity index (χ1v) is 6.69. The first kappa shape index (κ1) is 14.5. The van der Waals surface area contributed by atoms with E-state index in [1.165, 1.54) is 12.1 Å². The zero-order valence-corrected chi connectivity index (χ0v) is 11.9. The summed E-state index contributed by atoms with van der Waals surface area (Å²) in [6.07, 6.45) is 0.00881. The summed E-state index contributed by atoms with van der Waals surface area (Å²) in [4.78, 5) is 11.8. The first-order valence-electron chi connectivity index (χ1n) is 6.31. The zero-order chi connectivity index (χ0) is 14.5. The molecule has 0 saturated carbocycles. The van der Waals surface area contributed by atoms with Crippen molar-refractivity contribution in [2.24, 2.45) is 0 Å². The van der Waals surface area contributed by atoms with Gasteiger partial charge < -0.3 is 5.32 Å². The van der Waals surface area contributed by atoms with Crippen LogP contribution in [0.4, 0.5) is 4.39 Å². The Hall–Kier alpha value is -1.87. The first-order chi connectivity index (χ1) is 9.56. The molecule has 0 atom stereocenters. The molecule has 1 amide bonds. The molecular weight excluding hydrogens is 277 g/mol. The number of carbonyl (C=O) groups excluding carboxylic acids is 1. The van der Waals surface area contributed by atoms with Gasteiger partial charge in [-0.25, -0.2) is 4.39 Å². The molecule has 1 N–H and O–H groups in total. The highest BCUT2D eigenvalue weighted by Crippen LogP contribution is 2.15. The monoisotopic (exact) mass is 291 g/mol. The molecule has 0 fully saturated rings. The van der Waals surface area contributed by atoms with Gasteiger partial charge in [-0.1, -0.05) is 41.9 Å². The van der Waals surface area contributed by atoms with E-state index in [1.807, 2.05) is 31.2 Å². The van der Waals surface area contributed by atoms with E-state index in [9.17, 15) is 9.18 Å². The third kappa shape index (κ3) is 3.81. The number of hydrogen-bond acceptors (Lipinski definition) is 1. The molecule has 0 saturated heterocycles. The van der Waals surface area contributed by atoms with Crippen molar-refractivity contribution >= 4 is 17.5 Å². The molecule has 0 bridgehead atoms. The van der Waals surface area contributed by atoms with Crippen LogP contribution in [0.5, 0.6) is 0 Å². The number of aryl methyl sites for hydroxylation is 1. The number of nitrogens with one attached hydrogen (secondary N) is 1. The van der Waals surface area contributed by atoms with Gasteiger partial charge in [0.15, 0.2) is 0 Å². The van der Waals surface area contributed by atoms with Crippen LogP contribution in [0.2, 0.25) is 5.02 Å².